The number of hydrogen-bond donors (Lipinski definition) is 2. The van der Waals surface area contributed by atoms with Gasteiger partial charge in [-0.25, -0.2) is 4.98 Å². The number of nitrogens with one attached hydrogen (secondary N) is 2. The second-order valence-corrected chi connectivity index (χ2v) is 4.54. The van der Waals surface area contributed by atoms with Gasteiger partial charge in [0.15, 0.2) is 0 Å². The van der Waals surface area contributed by atoms with Gasteiger partial charge in [0.05, 0.1) is 17.9 Å². The van der Waals surface area contributed by atoms with Crippen LogP contribution in [0.5, 0.6) is 0 Å². The Hall–Kier alpha value is -2.30. The molecule has 2 aromatic heterocycles. The number of amides is 1. The Morgan fingerprint density at radius 3 is 2.95 bits per heavy atom. The maximum absolute atomic E-state index is 12.3. The number of aromatic nitrogens is 1. The summed E-state index contributed by atoms with van der Waals surface area (Å²) in [4.78, 5) is 16.5. The summed E-state index contributed by atoms with van der Waals surface area (Å²) in [6.45, 7) is 4.73. The van der Waals surface area contributed by atoms with Gasteiger partial charge >= 0.3 is 0 Å². The number of furan rings is 1. The van der Waals surface area contributed by atoms with Gasteiger partial charge < -0.3 is 15.1 Å². The number of pyridine rings is 1. The van der Waals surface area contributed by atoms with Crippen LogP contribution in [-0.2, 0) is 0 Å². The fourth-order valence-electron chi connectivity index (χ4n) is 1.86. The van der Waals surface area contributed by atoms with E-state index < -0.39 is 0 Å². The predicted octanol–water partition coefficient (Wildman–Crippen LogP) is 2.99. The molecule has 2 N–H and O–H groups in total. The Kier molecular flexibility index (Phi) is 4.76. The van der Waals surface area contributed by atoms with Crippen molar-refractivity contribution in [2.75, 3.05) is 11.9 Å². The van der Waals surface area contributed by atoms with Crippen molar-refractivity contribution in [3.05, 3.63) is 48.0 Å². The van der Waals surface area contributed by atoms with Crippen LogP contribution in [0.3, 0.4) is 0 Å². The number of nitrogens with zero attached hydrogens (tertiary/aromatic N) is 1. The standard InChI is InChI=1S/C15H19N3O2/c1-3-8-16-14-12(6-4-9-17-14)15(19)18-11(2)13-7-5-10-20-13/h4-7,9-11H,3,8H2,1-2H3,(H,16,17)(H,18,19). The summed E-state index contributed by atoms with van der Waals surface area (Å²) >= 11 is 0. The van der Waals surface area contributed by atoms with Gasteiger partial charge in [0, 0.05) is 12.7 Å². The lowest BCUT2D eigenvalue weighted by molar-refractivity contribution is 0.0936. The van der Waals surface area contributed by atoms with Crippen molar-refractivity contribution in [1.82, 2.24) is 10.3 Å². The Labute approximate surface area is 118 Å². The molecule has 0 spiro atoms. The molecule has 2 rings (SSSR count). The molecule has 106 valence electrons. The molecule has 2 aromatic rings. The first-order valence-corrected chi connectivity index (χ1v) is 6.75. The molecule has 1 unspecified atom stereocenters. The van der Waals surface area contributed by atoms with Crippen LogP contribution >= 0.6 is 0 Å². The molecule has 1 atom stereocenters. The lowest BCUT2D eigenvalue weighted by Crippen LogP contribution is -2.27. The predicted molar refractivity (Wildman–Crippen MR) is 77.6 cm³/mol. The summed E-state index contributed by atoms with van der Waals surface area (Å²) in [6.07, 6.45) is 4.24. The number of carbonyl (C=O) groups excluding carboxylic acids is 1. The fourth-order valence-corrected chi connectivity index (χ4v) is 1.86. The lowest BCUT2D eigenvalue weighted by Gasteiger charge is -2.14. The van der Waals surface area contributed by atoms with Crippen LogP contribution in [0, 0.1) is 0 Å². The molecule has 2 heterocycles. The first kappa shape index (κ1) is 14.1. The third-order valence-corrected chi connectivity index (χ3v) is 2.91. The van der Waals surface area contributed by atoms with Gasteiger partial charge in [0.2, 0.25) is 0 Å². The summed E-state index contributed by atoms with van der Waals surface area (Å²) in [7, 11) is 0. The van der Waals surface area contributed by atoms with Crippen molar-refractivity contribution in [3.8, 4) is 0 Å². The first-order chi connectivity index (χ1) is 9.72. The van der Waals surface area contributed by atoms with Crippen molar-refractivity contribution in [2.45, 2.75) is 26.3 Å². The summed E-state index contributed by atoms with van der Waals surface area (Å²) < 4.78 is 5.28. The molecular formula is C15H19N3O2. The molecule has 1 amide bonds. The van der Waals surface area contributed by atoms with Crippen molar-refractivity contribution >= 4 is 11.7 Å². The molecule has 0 aliphatic carbocycles. The molecule has 0 saturated carbocycles. The quantitative estimate of drug-likeness (QED) is 0.849. The van der Waals surface area contributed by atoms with Crippen molar-refractivity contribution in [3.63, 3.8) is 0 Å². The number of rotatable bonds is 6. The average Bonchev–Trinajstić information content (AvgIpc) is 2.99. The van der Waals surface area contributed by atoms with E-state index >= 15 is 0 Å². The summed E-state index contributed by atoms with van der Waals surface area (Å²) in [5, 5.41) is 6.06. The minimum Gasteiger partial charge on any atom is -0.467 e. The van der Waals surface area contributed by atoms with Crippen molar-refractivity contribution in [2.24, 2.45) is 0 Å². The zero-order valence-electron chi connectivity index (χ0n) is 11.7. The Morgan fingerprint density at radius 2 is 2.25 bits per heavy atom. The number of hydrogen-bond acceptors (Lipinski definition) is 4. The fraction of sp³-hybridized carbons (Fsp3) is 0.333. The summed E-state index contributed by atoms with van der Waals surface area (Å²) in [6, 6.07) is 6.97. The molecule has 0 bridgehead atoms. The van der Waals surface area contributed by atoms with Gasteiger partial charge in [0.1, 0.15) is 11.6 Å². The molecule has 20 heavy (non-hydrogen) atoms. The monoisotopic (exact) mass is 273 g/mol. The van der Waals surface area contributed by atoms with Gasteiger partial charge in [-0.3, -0.25) is 4.79 Å². The van der Waals surface area contributed by atoms with E-state index in [2.05, 4.69) is 22.5 Å². The van der Waals surface area contributed by atoms with Crippen LogP contribution in [0.15, 0.2) is 41.1 Å². The van der Waals surface area contributed by atoms with Gasteiger partial charge in [-0.2, -0.15) is 0 Å². The zero-order valence-corrected chi connectivity index (χ0v) is 11.7. The summed E-state index contributed by atoms with van der Waals surface area (Å²) in [5.41, 5.74) is 0.541. The number of anilines is 1. The molecule has 0 aliphatic heterocycles. The van der Waals surface area contributed by atoms with Crippen LogP contribution in [0.4, 0.5) is 5.82 Å². The first-order valence-electron chi connectivity index (χ1n) is 6.75. The average molecular weight is 273 g/mol. The van der Waals surface area contributed by atoms with E-state index in [0.717, 1.165) is 18.7 Å². The van der Waals surface area contributed by atoms with Gasteiger partial charge in [-0.15, -0.1) is 0 Å². The van der Waals surface area contributed by atoms with Gasteiger partial charge in [0.25, 0.3) is 5.91 Å². The molecule has 0 radical (unpaired) electrons. The topological polar surface area (TPSA) is 67.2 Å². The minimum atomic E-state index is -0.184. The van der Waals surface area contributed by atoms with Crippen LogP contribution < -0.4 is 10.6 Å². The summed E-state index contributed by atoms with van der Waals surface area (Å²) in [5.74, 6) is 1.17. The van der Waals surface area contributed by atoms with Crippen molar-refractivity contribution < 1.29 is 9.21 Å². The van der Waals surface area contributed by atoms with Crippen LogP contribution in [0.25, 0.3) is 0 Å². The normalized spacial score (nSPS) is 11.9. The molecule has 0 aromatic carbocycles. The van der Waals surface area contributed by atoms with E-state index in [1.54, 1.807) is 30.7 Å². The molecule has 0 saturated heterocycles. The molecule has 0 fully saturated rings. The number of carbonyl (C=O) groups is 1. The highest BCUT2D eigenvalue weighted by Crippen LogP contribution is 2.16. The van der Waals surface area contributed by atoms with E-state index in [0.29, 0.717) is 11.4 Å². The van der Waals surface area contributed by atoms with E-state index in [4.69, 9.17) is 4.42 Å². The van der Waals surface area contributed by atoms with E-state index in [9.17, 15) is 4.79 Å². The molecule has 0 aliphatic rings. The highest BCUT2D eigenvalue weighted by atomic mass is 16.3. The third kappa shape index (κ3) is 3.38. The van der Waals surface area contributed by atoms with Gasteiger partial charge in [-0.05, 0) is 37.6 Å². The second kappa shape index (κ2) is 6.75. The second-order valence-electron chi connectivity index (χ2n) is 4.54. The van der Waals surface area contributed by atoms with E-state index in [1.165, 1.54) is 0 Å². The zero-order chi connectivity index (χ0) is 14.4. The Morgan fingerprint density at radius 1 is 1.40 bits per heavy atom. The van der Waals surface area contributed by atoms with Crippen LogP contribution in [-0.4, -0.2) is 17.4 Å². The van der Waals surface area contributed by atoms with Gasteiger partial charge in [-0.1, -0.05) is 6.92 Å². The highest BCUT2D eigenvalue weighted by molar-refractivity contribution is 5.98. The maximum Gasteiger partial charge on any atom is 0.255 e. The molecule has 5 heteroatoms. The Bertz CT molecular complexity index is 552. The minimum absolute atomic E-state index is 0.166. The highest BCUT2D eigenvalue weighted by Gasteiger charge is 2.16. The van der Waals surface area contributed by atoms with Crippen molar-refractivity contribution in [1.29, 1.82) is 0 Å². The van der Waals surface area contributed by atoms with Crippen LogP contribution in [0.1, 0.15) is 42.4 Å². The largest absolute Gasteiger partial charge is 0.467 e. The third-order valence-electron chi connectivity index (χ3n) is 2.91. The maximum atomic E-state index is 12.3. The molecular weight excluding hydrogens is 254 g/mol. The smallest absolute Gasteiger partial charge is 0.255 e. The van der Waals surface area contributed by atoms with Crippen LogP contribution in [0.2, 0.25) is 0 Å². The SMILES string of the molecule is CCCNc1ncccc1C(=O)NC(C)c1ccco1. The Balaban J connectivity index is 2.09. The van der Waals surface area contributed by atoms with E-state index in [-0.39, 0.29) is 11.9 Å². The lowest BCUT2D eigenvalue weighted by atomic mass is 10.2. The molecule has 5 nitrogen and oxygen atoms in total. The van der Waals surface area contributed by atoms with E-state index in [1.807, 2.05) is 13.0 Å².